The highest BCUT2D eigenvalue weighted by Crippen LogP contribution is 2.42. The lowest BCUT2D eigenvalue weighted by molar-refractivity contribution is -0.142. The second-order valence-corrected chi connectivity index (χ2v) is 15.8. The number of aliphatic imine (C=N–C) groups is 1. The number of carboxylic acid groups (broad SMARTS) is 2. The van der Waals surface area contributed by atoms with E-state index in [0.29, 0.717) is 40.8 Å². The van der Waals surface area contributed by atoms with Gasteiger partial charge in [-0.25, -0.2) is 13.1 Å². The Hall–Kier alpha value is -5.72. The minimum atomic E-state index is -4.18. The Labute approximate surface area is 325 Å². The maximum Gasteiger partial charge on any atom is 0.322 e. The van der Waals surface area contributed by atoms with Crippen LogP contribution in [0.25, 0.3) is 0 Å². The number of nitrogens with two attached hydrogens (primary N) is 1. The summed E-state index contributed by atoms with van der Waals surface area (Å²) in [5, 5.41) is 27.8. The van der Waals surface area contributed by atoms with E-state index >= 15 is 0 Å². The Morgan fingerprint density at radius 1 is 0.875 bits per heavy atom. The third-order valence-corrected chi connectivity index (χ3v) is 10.8. The summed E-state index contributed by atoms with van der Waals surface area (Å²) in [5.74, 6) is -5.96. The van der Waals surface area contributed by atoms with Gasteiger partial charge in [-0.05, 0) is 88.1 Å². The third-order valence-electron chi connectivity index (χ3n) is 9.14. The SMILES string of the molecule is CC(=O)N[C@@H](CCCN=C(N)NS(=O)(=O)c1c(C)c(C)c2c(c1C)CCC(C)(C)O2)C(=O)N[C@@H](CC(=O)O)C(=O)N[C@@H](Cc1ccccc1)C(=O)NCC(=O)O. The first kappa shape index (κ1) is 44.7. The number of ether oxygens (including phenoxy) is 1. The smallest absolute Gasteiger partial charge is 0.322 e. The number of nitrogens with zero attached hydrogens (tertiary/aromatic N) is 1. The zero-order chi connectivity index (χ0) is 42.0. The number of rotatable bonds is 18. The Kier molecular flexibility index (Phi) is 15.3. The number of carbonyl (C=O) groups excluding carboxylic acids is 4. The number of fused-ring (bicyclic) bond motifs is 1. The number of carboxylic acids is 2. The van der Waals surface area contributed by atoms with Crippen molar-refractivity contribution in [1.29, 1.82) is 0 Å². The van der Waals surface area contributed by atoms with Gasteiger partial charge in [-0.2, -0.15) is 0 Å². The molecule has 2 aromatic rings. The lowest BCUT2D eigenvalue weighted by atomic mass is 9.88. The van der Waals surface area contributed by atoms with Crippen molar-refractivity contribution in [3.05, 3.63) is 58.1 Å². The van der Waals surface area contributed by atoms with Crippen LogP contribution < -0.4 is 36.5 Å². The van der Waals surface area contributed by atoms with E-state index in [1.807, 2.05) is 13.8 Å². The second-order valence-electron chi connectivity index (χ2n) is 14.2. The maximum absolute atomic E-state index is 13.6. The molecule has 4 amide bonds. The summed E-state index contributed by atoms with van der Waals surface area (Å²) >= 11 is 0. The number of hydrogen-bond donors (Lipinski definition) is 8. The quantitative estimate of drug-likeness (QED) is 0.0581. The van der Waals surface area contributed by atoms with Crippen LogP contribution in [-0.4, -0.2) is 97.0 Å². The standard InChI is InChI=1S/C37H51N7O11S/c1-20-21(2)32(22(3)25-14-15-37(5,6)55-31(20)25)56(53,54)44-36(38)39-16-10-13-26(41-23(4)45)34(51)43-28(18-29(46)47)35(52)42-27(33(50)40-19-30(48)49)17-24-11-8-7-9-12-24/h7-9,11-12,26-28H,10,13-19H2,1-6H3,(H,40,50)(H,41,45)(H,42,52)(H,43,51)(H,46,47)(H,48,49)(H3,38,39,44)/t26-,27-,28-/m0/s1. The maximum atomic E-state index is 13.6. The zero-order valence-electron chi connectivity index (χ0n) is 32.3. The predicted octanol–water partition coefficient (Wildman–Crippen LogP) is 0.481. The van der Waals surface area contributed by atoms with Gasteiger partial charge in [0, 0.05) is 19.9 Å². The van der Waals surface area contributed by atoms with Gasteiger partial charge < -0.3 is 42.0 Å². The zero-order valence-corrected chi connectivity index (χ0v) is 33.1. The van der Waals surface area contributed by atoms with Crippen LogP contribution in [0.15, 0.2) is 40.2 Å². The molecule has 19 heteroatoms. The number of guanidine groups is 1. The van der Waals surface area contributed by atoms with Gasteiger partial charge in [-0.3, -0.25) is 33.8 Å². The molecule has 0 bridgehead atoms. The number of amides is 4. The molecule has 9 N–H and O–H groups in total. The van der Waals surface area contributed by atoms with Crippen molar-refractivity contribution < 1.29 is 52.1 Å². The van der Waals surface area contributed by atoms with Gasteiger partial charge in [-0.15, -0.1) is 0 Å². The molecule has 0 fully saturated rings. The molecule has 0 spiro atoms. The molecule has 1 aliphatic rings. The molecule has 0 aliphatic carbocycles. The Bertz CT molecular complexity index is 1970. The Morgan fingerprint density at radius 3 is 2.11 bits per heavy atom. The molecule has 0 aromatic heterocycles. The first-order valence-corrected chi connectivity index (χ1v) is 19.4. The van der Waals surface area contributed by atoms with E-state index in [-0.39, 0.29) is 30.7 Å². The Balaban J connectivity index is 1.71. The van der Waals surface area contributed by atoms with E-state index in [0.717, 1.165) is 12.5 Å². The van der Waals surface area contributed by atoms with Crippen LogP contribution in [0.3, 0.4) is 0 Å². The normalized spacial score (nSPS) is 15.1. The molecule has 306 valence electrons. The van der Waals surface area contributed by atoms with E-state index in [4.69, 9.17) is 15.6 Å². The second kappa shape index (κ2) is 19.2. The molecule has 18 nitrogen and oxygen atoms in total. The number of nitrogens with one attached hydrogen (secondary N) is 5. The molecule has 56 heavy (non-hydrogen) atoms. The number of carbonyl (C=O) groups is 6. The molecule has 0 saturated carbocycles. The summed E-state index contributed by atoms with van der Waals surface area (Å²) in [4.78, 5) is 78.5. The minimum Gasteiger partial charge on any atom is -0.487 e. The molecule has 0 radical (unpaired) electrons. The van der Waals surface area contributed by atoms with E-state index in [1.165, 1.54) is 0 Å². The van der Waals surface area contributed by atoms with Crippen LogP contribution in [-0.2, 0) is 51.6 Å². The van der Waals surface area contributed by atoms with E-state index in [1.54, 1.807) is 51.1 Å². The van der Waals surface area contributed by atoms with Crippen molar-refractivity contribution in [3.63, 3.8) is 0 Å². The summed E-state index contributed by atoms with van der Waals surface area (Å²) in [6.07, 6.45) is 0.362. The largest absolute Gasteiger partial charge is 0.487 e. The molecule has 1 aliphatic heterocycles. The lowest BCUT2D eigenvalue weighted by Crippen LogP contribution is -2.57. The monoisotopic (exact) mass is 801 g/mol. The summed E-state index contributed by atoms with van der Waals surface area (Å²) in [7, 11) is -4.18. The van der Waals surface area contributed by atoms with Gasteiger partial charge in [0.15, 0.2) is 0 Å². The number of hydrogen-bond acceptors (Lipinski definition) is 10. The summed E-state index contributed by atoms with van der Waals surface area (Å²) in [5.41, 5.74) is 8.75. The van der Waals surface area contributed by atoms with Crippen LogP contribution in [0.2, 0.25) is 0 Å². The first-order valence-electron chi connectivity index (χ1n) is 17.9. The Morgan fingerprint density at radius 2 is 1.50 bits per heavy atom. The highest BCUT2D eigenvalue weighted by molar-refractivity contribution is 7.90. The topological polar surface area (TPSA) is 285 Å². The van der Waals surface area contributed by atoms with Crippen molar-refractivity contribution in [3.8, 4) is 5.75 Å². The minimum absolute atomic E-state index is 0.0739. The van der Waals surface area contributed by atoms with Crippen LogP contribution in [0.1, 0.15) is 74.3 Å². The third kappa shape index (κ3) is 12.7. The van der Waals surface area contributed by atoms with Gasteiger partial charge in [0.1, 0.15) is 36.0 Å². The first-order chi connectivity index (χ1) is 26.1. The van der Waals surface area contributed by atoms with Crippen molar-refractivity contribution in [2.45, 2.75) is 109 Å². The fourth-order valence-electron chi connectivity index (χ4n) is 6.25. The average molecular weight is 802 g/mol. The van der Waals surface area contributed by atoms with Crippen molar-refractivity contribution in [1.82, 2.24) is 26.0 Å². The van der Waals surface area contributed by atoms with Crippen LogP contribution in [0, 0.1) is 20.8 Å². The van der Waals surface area contributed by atoms with Crippen LogP contribution >= 0.6 is 0 Å². The highest BCUT2D eigenvalue weighted by Gasteiger charge is 2.34. The molecule has 3 rings (SSSR count). The molecule has 1 heterocycles. The van der Waals surface area contributed by atoms with Gasteiger partial charge in [-0.1, -0.05) is 30.3 Å². The van der Waals surface area contributed by atoms with Gasteiger partial charge in [0.05, 0.1) is 11.3 Å². The van der Waals surface area contributed by atoms with Crippen molar-refractivity contribution in [2.75, 3.05) is 13.1 Å². The fourth-order valence-corrected chi connectivity index (χ4v) is 7.78. The lowest BCUT2D eigenvalue weighted by Gasteiger charge is -2.35. The fraction of sp³-hybridized carbons (Fsp3) is 0.486. The molecule has 2 aromatic carbocycles. The molecule has 3 atom stereocenters. The van der Waals surface area contributed by atoms with E-state index in [9.17, 15) is 42.3 Å². The summed E-state index contributed by atoms with van der Waals surface area (Å²) in [6.45, 7) is 9.48. The molecular formula is C37H51N7O11S. The van der Waals surface area contributed by atoms with Gasteiger partial charge in [0.25, 0.3) is 10.0 Å². The average Bonchev–Trinajstić information content (AvgIpc) is 3.09. The number of aliphatic carboxylic acids is 2. The highest BCUT2D eigenvalue weighted by atomic mass is 32.2. The summed E-state index contributed by atoms with van der Waals surface area (Å²) in [6, 6.07) is 4.11. The van der Waals surface area contributed by atoms with Crippen molar-refractivity contribution in [2.24, 2.45) is 10.7 Å². The van der Waals surface area contributed by atoms with Crippen LogP contribution in [0.5, 0.6) is 5.75 Å². The molecule has 0 unspecified atom stereocenters. The molecular weight excluding hydrogens is 751 g/mol. The molecule has 0 saturated heterocycles. The summed E-state index contributed by atoms with van der Waals surface area (Å²) < 4.78 is 35.6. The van der Waals surface area contributed by atoms with Gasteiger partial charge >= 0.3 is 11.9 Å². The van der Waals surface area contributed by atoms with Crippen molar-refractivity contribution >= 4 is 51.6 Å². The van der Waals surface area contributed by atoms with Gasteiger partial charge in [0.2, 0.25) is 29.6 Å². The van der Waals surface area contributed by atoms with E-state index in [2.05, 4.69) is 31.0 Å². The van der Waals surface area contributed by atoms with E-state index < -0.39 is 88.2 Å². The van der Waals surface area contributed by atoms with Crippen LogP contribution in [0.4, 0.5) is 0 Å². The number of sulfonamides is 1. The number of benzene rings is 2. The predicted molar refractivity (Wildman–Crippen MR) is 204 cm³/mol.